The summed E-state index contributed by atoms with van der Waals surface area (Å²) in [6.07, 6.45) is 9.87. The largest absolute Gasteiger partial charge is 0.355 e. The lowest BCUT2D eigenvalue weighted by Crippen LogP contribution is -2.47. The summed E-state index contributed by atoms with van der Waals surface area (Å²) in [6, 6.07) is 4.76. The number of halogens is 1. The maximum Gasteiger partial charge on any atom is 0.252 e. The summed E-state index contributed by atoms with van der Waals surface area (Å²) in [7, 11) is 1.78. The molecule has 150 valence electrons. The molecule has 1 aliphatic carbocycles. The third-order valence-electron chi connectivity index (χ3n) is 5.25. The monoisotopic (exact) mass is 486 g/mol. The minimum atomic E-state index is -0.106. The predicted molar refractivity (Wildman–Crippen MR) is 119 cm³/mol. The lowest BCUT2D eigenvalue weighted by Gasteiger charge is -2.24. The molecule has 1 atom stereocenters. The summed E-state index contributed by atoms with van der Waals surface area (Å²) in [5.74, 6) is 0.699. The Bertz CT molecular complexity index is 605. The second-order valence-electron chi connectivity index (χ2n) is 7.06. The quantitative estimate of drug-likeness (QED) is 0.247. The number of rotatable bonds is 6. The van der Waals surface area contributed by atoms with Gasteiger partial charge in [0.05, 0.1) is 5.56 Å². The van der Waals surface area contributed by atoms with Crippen LogP contribution in [-0.4, -0.2) is 67.1 Å². The van der Waals surface area contributed by atoms with Crippen molar-refractivity contribution in [1.82, 2.24) is 25.8 Å². The SMILES string of the molecule is CN=C(NCCNC(=O)c1cccnc1)NC1CCN(C2CCCC2)C1.I. The highest BCUT2D eigenvalue weighted by atomic mass is 127. The van der Waals surface area contributed by atoms with Gasteiger partial charge in [-0.3, -0.25) is 19.7 Å². The number of hydrogen-bond acceptors (Lipinski definition) is 4. The van der Waals surface area contributed by atoms with Crippen molar-refractivity contribution in [3.8, 4) is 0 Å². The summed E-state index contributed by atoms with van der Waals surface area (Å²) in [4.78, 5) is 22.9. The van der Waals surface area contributed by atoms with Crippen molar-refractivity contribution in [3.63, 3.8) is 0 Å². The fourth-order valence-corrected chi connectivity index (χ4v) is 3.85. The lowest BCUT2D eigenvalue weighted by atomic mass is 10.2. The summed E-state index contributed by atoms with van der Waals surface area (Å²) >= 11 is 0. The van der Waals surface area contributed by atoms with E-state index >= 15 is 0 Å². The first-order valence-electron chi connectivity index (χ1n) is 9.65. The van der Waals surface area contributed by atoms with Gasteiger partial charge in [0.1, 0.15) is 0 Å². The zero-order chi connectivity index (χ0) is 18.2. The fourth-order valence-electron chi connectivity index (χ4n) is 3.85. The number of nitrogens with one attached hydrogen (secondary N) is 3. The standard InChI is InChI=1S/C19H30N6O.HI/c1-20-19(23-11-10-22-18(26)15-5-4-9-21-13-15)24-16-8-12-25(14-16)17-6-2-3-7-17;/h4-5,9,13,16-17H,2-3,6-8,10-12,14H2,1H3,(H,22,26)(H2,20,23,24);1H. The van der Waals surface area contributed by atoms with E-state index in [1.54, 1.807) is 31.6 Å². The molecule has 2 aliphatic rings. The highest BCUT2D eigenvalue weighted by Gasteiger charge is 2.30. The number of hydrogen-bond donors (Lipinski definition) is 3. The van der Waals surface area contributed by atoms with Crippen molar-refractivity contribution < 1.29 is 4.79 Å². The van der Waals surface area contributed by atoms with E-state index in [9.17, 15) is 4.79 Å². The van der Waals surface area contributed by atoms with Gasteiger partial charge in [-0.1, -0.05) is 12.8 Å². The predicted octanol–water partition coefficient (Wildman–Crippen LogP) is 1.61. The van der Waals surface area contributed by atoms with Crippen molar-refractivity contribution in [3.05, 3.63) is 30.1 Å². The van der Waals surface area contributed by atoms with Crippen LogP contribution in [-0.2, 0) is 0 Å². The topological polar surface area (TPSA) is 81.6 Å². The Hall–Kier alpha value is -1.42. The third-order valence-corrected chi connectivity index (χ3v) is 5.25. The van der Waals surface area contributed by atoms with E-state index in [2.05, 4.69) is 30.8 Å². The molecular formula is C19H31IN6O. The van der Waals surface area contributed by atoms with Crippen molar-refractivity contribution in [1.29, 1.82) is 0 Å². The van der Waals surface area contributed by atoms with E-state index in [-0.39, 0.29) is 29.9 Å². The first kappa shape index (κ1) is 21.9. The normalized spacial score (nSPS) is 20.9. The molecule has 27 heavy (non-hydrogen) atoms. The van der Waals surface area contributed by atoms with Crippen LogP contribution in [0, 0.1) is 0 Å². The van der Waals surface area contributed by atoms with Crippen LogP contribution in [0.4, 0.5) is 0 Å². The summed E-state index contributed by atoms with van der Waals surface area (Å²) in [5.41, 5.74) is 0.577. The van der Waals surface area contributed by atoms with E-state index in [1.165, 1.54) is 32.2 Å². The zero-order valence-electron chi connectivity index (χ0n) is 16.0. The molecule has 0 spiro atoms. The number of pyridine rings is 1. The molecule has 1 amide bonds. The number of guanidine groups is 1. The molecule has 1 aromatic rings. The lowest BCUT2D eigenvalue weighted by molar-refractivity contribution is 0.0954. The smallest absolute Gasteiger partial charge is 0.252 e. The van der Waals surface area contributed by atoms with Gasteiger partial charge in [-0.25, -0.2) is 0 Å². The number of amides is 1. The Morgan fingerprint density at radius 3 is 2.74 bits per heavy atom. The molecule has 0 radical (unpaired) electrons. The van der Waals surface area contributed by atoms with Crippen LogP contribution in [0.2, 0.25) is 0 Å². The molecule has 2 heterocycles. The number of carbonyl (C=O) groups is 1. The minimum Gasteiger partial charge on any atom is -0.355 e. The Balaban J connectivity index is 0.00000261. The van der Waals surface area contributed by atoms with Crippen LogP contribution in [0.25, 0.3) is 0 Å². The van der Waals surface area contributed by atoms with Crippen LogP contribution in [0.15, 0.2) is 29.5 Å². The molecule has 2 fully saturated rings. The molecule has 7 nitrogen and oxygen atoms in total. The zero-order valence-corrected chi connectivity index (χ0v) is 18.3. The van der Waals surface area contributed by atoms with Gasteiger partial charge in [0, 0.05) is 57.7 Å². The summed E-state index contributed by atoms with van der Waals surface area (Å²) in [6.45, 7) is 3.45. The summed E-state index contributed by atoms with van der Waals surface area (Å²) < 4.78 is 0. The van der Waals surface area contributed by atoms with Crippen molar-refractivity contribution in [2.24, 2.45) is 4.99 Å². The van der Waals surface area contributed by atoms with E-state index < -0.39 is 0 Å². The molecule has 0 bridgehead atoms. The van der Waals surface area contributed by atoms with Gasteiger partial charge in [-0.05, 0) is 31.4 Å². The maximum atomic E-state index is 12.0. The molecule has 1 aromatic heterocycles. The van der Waals surface area contributed by atoms with E-state index in [1.807, 2.05) is 0 Å². The van der Waals surface area contributed by atoms with Gasteiger partial charge in [0.15, 0.2) is 5.96 Å². The number of aromatic nitrogens is 1. The van der Waals surface area contributed by atoms with Gasteiger partial charge >= 0.3 is 0 Å². The Morgan fingerprint density at radius 2 is 2.04 bits per heavy atom. The van der Waals surface area contributed by atoms with E-state index in [0.29, 0.717) is 24.7 Å². The maximum absolute atomic E-state index is 12.0. The third kappa shape index (κ3) is 6.60. The number of nitrogens with zero attached hydrogens (tertiary/aromatic N) is 3. The summed E-state index contributed by atoms with van der Waals surface area (Å²) in [5, 5.41) is 9.67. The van der Waals surface area contributed by atoms with Gasteiger partial charge in [0.25, 0.3) is 5.91 Å². The molecule has 3 N–H and O–H groups in total. The van der Waals surface area contributed by atoms with Crippen LogP contribution >= 0.6 is 24.0 Å². The van der Waals surface area contributed by atoms with Crippen LogP contribution in [0.5, 0.6) is 0 Å². The van der Waals surface area contributed by atoms with Gasteiger partial charge in [-0.15, -0.1) is 24.0 Å². The van der Waals surface area contributed by atoms with Gasteiger partial charge < -0.3 is 16.0 Å². The van der Waals surface area contributed by atoms with Crippen LogP contribution in [0.3, 0.4) is 0 Å². The van der Waals surface area contributed by atoms with Crippen molar-refractivity contribution in [2.45, 2.75) is 44.2 Å². The average Bonchev–Trinajstić information content (AvgIpc) is 3.36. The molecule has 1 unspecified atom stereocenters. The minimum absolute atomic E-state index is 0. The van der Waals surface area contributed by atoms with E-state index in [4.69, 9.17) is 0 Å². The van der Waals surface area contributed by atoms with Gasteiger partial charge in [0.2, 0.25) is 0 Å². The number of likely N-dealkylation sites (tertiary alicyclic amines) is 1. The van der Waals surface area contributed by atoms with Crippen molar-refractivity contribution in [2.75, 3.05) is 33.2 Å². The Kier molecular flexibility index (Phi) is 9.26. The van der Waals surface area contributed by atoms with Crippen LogP contribution < -0.4 is 16.0 Å². The molecule has 1 saturated carbocycles. The second-order valence-corrected chi connectivity index (χ2v) is 7.06. The highest BCUT2D eigenvalue weighted by molar-refractivity contribution is 14.0. The van der Waals surface area contributed by atoms with E-state index in [0.717, 1.165) is 25.0 Å². The number of carbonyl (C=O) groups excluding carboxylic acids is 1. The molecule has 8 heteroatoms. The average molecular weight is 486 g/mol. The van der Waals surface area contributed by atoms with Crippen LogP contribution in [0.1, 0.15) is 42.5 Å². The second kappa shape index (κ2) is 11.4. The molecular weight excluding hydrogens is 455 g/mol. The fraction of sp³-hybridized carbons (Fsp3) is 0.632. The molecule has 3 rings (SSSR count). The number of aliphatic imine (C=N–C) groups is 1. The molecule has 1 saturated heterocycles. The molecule has 1 aliphatic heterocycles. The Labute approximate surface area is 178 Å². The first-order chi connectivity index (χ1) is 12.8. The van der Waals surface area contributed by atoms with Gasteiger partial charge in [-0.2, -0.15) is 0 Å². The Morgan fingerprint density at radius 1 is 1.26 bits per heavy atom. The first-order valence-corrected chi connectivity index (χ1v) is 9.65. The van der Waals surface area contributed by atoms with Crippen molar-refractivity contribution >= 4 is 35.8 Å². The molecule has 0 aromatic carbocycles. The highest BCUT2D eigenvalue weighted by Crippen LogP contribution is 2.26.